The smallest absolute Gasteiger partial charge is 0.332 e. The molecule has 1 aromatic heterocycles. The zero-order valence-electron chi connectivity index (χ0n) is 32.2. The lowest BCUT2D eigenvalue weighted by Gasteiger charge is -2.42. The van der Waals surface area contributed by atoms with Gasteiger partial charge in [0.1, 0.15) is 42.2 Å². The van der Waals surface area contributed by atoms with Gasteiger partial charge in [0.2, 0.25) is 8.32 Å². The molecule has 0 spiro atoms. The van der Waals surface area contributed by atoms with Crippen LogP contribution in [0.3, 0.4) is 0 Å². The number of hydrogen-bond acceptors (Lipinski definition) is 9. The normalized spacial score (nSPS) is 19.3. The highest BCUT2D eigenvalue weighted by Crippen LogP contribution is 2.44. The van der Waals surface area contributed by atoms with E-state index in [1.165, 1.54) is 23.9 Å². The molecule has 0 unspecified atom stereocenters. The van der Waals surface area contributed by atoms with Crippen LogP contribution in [0.2, 0.25) is 16.6 Å². The van der Waals surface area contributed by atoms with Gasteiger partial charge in [-0.25, -0.2) is 4.79 Å². The van der Waals surface area contributed by atoms with Gasteiger partial charge in [0, 0.05) is 19.3 Å². The second-order valence-electron chi connectivity index (χ2n) is 14.5. The second kappa shape index (κ2) is 17.0. The van der Waals surface area contributed by atoms with Gasteiger partial charge in [0.15, 0.2) is 6.23 Å². The highest BCUT2D eigenvalue weighted by Gasteiger charge is 2.50. The topological polar surface area (TPSA) is 120 Å². The molecule has 0 bridgehead atoms. The van der Waals surface area contributed by atoms with Crippen molar-refractivity contribution in [2.24, 2.45) is 7.05 Å². The molecule has 1 N–H and O–H groups in total. The van der Waals surface area contributed by atoms with Gasteiger partial charge in [0.05, 0.1) is 20.8 Å². The first-order valence-corrected chi connectivity index (χ1v) is 20.3. The summed E-state index contributed by atoms with van der Waals surface area (Å²) in [7, 11) is 2.29. The summed E-state index contributed by atoms with van der Waals surface area (Å²) < 4.78 is 39.9. The van der Waals surface area contributed by atoms with Gasteiger partial charge in [-0.05, 0) is 57.6 Å². The molecule has 0 saturated carbocycles. The first-order valence-electron chi connectivity index (χ1n) is 18.2. The second-order valence-corrected chi connectivity index (χ2v) is 19.9. The van der Waals surface area contributed by atoms with E-state index in [0.29, 0.717) is 28.1 Å². The summed E-state index contributed by atoms with van der Waals surface area (Å²) in [4.78, 5) is 25.8. The quantitative estimate of drug-likeness (QED) is 0.0793. The molecule has 1 aliphatic rings. The fourth-order valence-electron chi connectivity index (χ4n) is 8.04. The molecule has 53 heavy (non-hydrogen) atoms. The van der Waals surface area contributed by atoms with Crippen LogP contribution in [0.5, 0.6) is 11.5 Å². The monoisotopic (exact) mass is 746 g/mol. The van der Waals surface area contributed by atoms with E-state index in [0.717, 1.165) is 21.3 Å². The maximum Gasteiger partial charge on any atom is 0.332 e. The van der Waals surface area contributed by atoms with Gasteiger partial charge in [-0.3, -0.25) is 13.9 Å². The zero-order valence-corrected chi connectivity index (χ0v) is 33.2. The molecular formula is C41H54N2O9Si. The Morgan fingerprint density at radius 2 is 1.28 bits per heavy atom. The van der Waals surface area contributed by atoms with Crippen molar-refractivity contribution in [3.05, 3.63) is 129 Å². The van der Waals surface area contributed by atoms with E-state index >= 15 is 0 Å². The highest BCUT2D eigenvalue weighted by molar-refractivity contribution is 6.77. The van der Waals surface area contributed by atoms with E-state index in [1.54, 1.807) is 14.2 Å². The summed E-state index contributed by atoms with van der Waals surface area (Å²) in [6.07, 6.45) is -2.91. The summed E-state index contributed by atoms with van der Waals surface area (Å²) in [6.45, 7) is 12.9. The van der Waals surface area contributed by atoms with Crippen molar-refractivity contribution in [2.75, 3.05) is 27.6 Å². The predicted octanol–water partition coefficient (Wildman–Crippen LogP) is 6.37. The van der Waals surface area contributed by atoms with Crippen LogP contribution in [-0.4, -0.2) is 68.5 Å². The van der Waals surface area contributed by atoms with E-state index in [-0.39, 0.29) is 13.4 Å². The van der Waals surface area contributed by atoms with Crippen molar-refractivity contribution in [1.82, 2.24) is 9.13 Å². The Bertz CT molecular complexity index is 1820. The van der Waals surface area contributed by atoms with E-state index in [4.69, 9.17) is 28.1 Å². The molecular weight excluding hydrogens is 693 g/mol. The van der Waals surface area contributed by atoms with Gasteiger partial charge in [-0.1, -0.05) is 96.1 Å². The predicted molar refractivity (Wildman–Crippen MR) is 206 cm³/mol. The van der Waals surface area contributed by atoms with E-state index in [1.807, 2.05) is 78.9 Å². The molecule has 0 amide bonds. The molecule has 5 rings (SSSR count). The minimum atomic E-state index is -2.34. The van der Waals surface area contributed by atoms with Crippen LogP contribution in [0.4, 0.5) is 0 Å². The lowest BCUT2D eigenvalue weighted by Crippen LogP contribution is -2.49. The number of nitrogens with zero attached hydrogens (tertiary/aromatic N) is 2. The van der Waals surface area contributed by atoms with Crippen molar-refractivity contribution in [3.63, 3.8) is 0 Å². The first-order chi connectivity index (χ1) is 25.3. The fraction of sp³-hybridized carbons (Fsp3) is 0.463. The molecule has 11 nitrogen and oxygen atoms in total. The summed E-state index contributed by atoms with van der Waals surface area (Å²) in [5.41, 5.74) is 1.15. The standard InChI is InChI=1S/C41H54N2O9Si/c1-27(2)53(28(3)4,29(5)6)51-26-49-38-37(45)35(52-39(38)43-24-23-36(44)42(7)40(43)46)25-50-41(30-13-11-10-12-14-30,31-15-19-33(47-8)20-16-31)32-17-21-34(48-9)22-18-32/h10-24,27-29,35,37-39,45H,25-26H2,1-9H3/t35-,37-,38-,39-/m1/s1. The SMILES string of the molecule is COc1ccc(C(OC[C@H]2O[C@@H](n3ccc(=O)n(C)c3=O)[C@H](OCO[Si](C(C)C)(C(C)C)C(C)C)[C@@H]2O)(c2ccccc2)c2ccc(OC)cc2)cc1. The average molecular weight is 747 g/mol. The van der Waals surface area contributed by atoms with Crippen molar-refractivity contribution >= 4 is 8.32 Å². The molecule has 3 aromatic carbocycles. The number of benzene rings is 3. The summed E-state index contributed by atoms with van der Waals surface area (Å²) in [5, 5.41) is 12.0. The maximum atomic E-state index is 13.4. The van der Waals surface area contributed by atoms with Crippen LogP contribution >= 0.6 is 0 Å². The van der Waals surface area contributed by atoms with Gasteiger partial charge in [-0.2, -0.15) is 0 Å². The Morgan fingerprint density at radius 3 is 1.77 bits per heavy atom. The van der Waals surface area contributed by atoms with Crippen molar-refractivity contribution in [1.29, 1.82) is 0 Å². The van der Waals surface area contributed by atoms with E-state index < -0.39 is 49.7 Å². The lowest BCUT2D eigenvalue weighted by atomic mass is 9.80. The third kappa shape index (κ3) is 7.80. The Kier molecular flexibility index (Phi) is 12.8. The largest absolute Gasteiger partial charge is 0.497 e. The minimum Gasteiger partial charge on any atom is -0.497 e. The minimum absolute atomic E-state index is 0.0951. The zero-order chi connectivity index (χ0) is 38.5. The van der Waals surface area contributed by atoms with E-state index in [2.05, 4.69) is 41.5 Å². The lowest BCUT2D eigenvalue weighted by molar-refractivity contribution is -0.117. The summed E-state index contributed by atoms with van der Waals surface area (Å²) in [6, 6.07) is 26.4. The molecule has 2 heterocycles. The molecule has 0 radical (unpaired) electrons. The number of aliphatic hydroxyl groups is 1. The molecule has 1 aliphatic heterocycles. The number of rotatable bonds is 16. The van der Waals surface area contributed by atoms with E-state index in [9.17, 15) is 14.7 Å². The van der Waals surface area contributed by atoms with Crippen LogP contribution in [0, 0.1) is 0 Å². The van der Waals surface area contributed by atoms with Crippen molar-refractivity contribution < 1.29 is 33.2 Å². The first kappa shape index (κ1) is 40.1. The molecule has 286 valence electrons. The third-order valence-electron chi connectivity index (χ3n) is 10.7. The van der Waals surface area contributed by atoms with Crippen LogP contribution in [0.15, 0.2) is 101 Å². The molecule has 1 fully saturated rings. The maximum absolute atomic E-state index is 13.4. The summed E-state index contributed by atoms with van der Waals surface area (Å²) >= 11 is 0. The number of aromatic nitrogens is 2. The van der Waals surface area contributed by atoms with Gasteiger partial charge in [-0.15, -0.1) is 0 Å². The van der Waals surface area contributed by atoms with Crippen LogP contribution < -0.4 is 20.7 Å². The van der Waals surface area contributed by atoms with Crippen LogP contribution in [0.25, 0.3) is 0 Å². The molecule has 1 saturated heterocycles. The number of aliphatic hydroxyl groups excluding tert-OH is 1. The molecule has 4 atom stereocenters. The number of hydrogen-bond donors (Lipinski definition) is 1. The number of methoxy groups -OCH3 is 2. The molecule has 12 heteroatoms. The Hall–Kier alpha value is -4.04. The highest BCUT2D eigenvalue weighted by atomic mass is 28.4. The average Bonchev–Trinajstić information content (AvgIpc) is 3.46. The Balaban J connectivity index is 1.55. The Morgan fingerprint density at radius 1 is 0.774 bits per heavy atom. The fourth-order valence-corrected chi connectivity index (χ4v) is 13.3. The van der Waals surface area contributed by atoms with Gasteiger partial charge >= 0.3 is 5.69 Å². The summed E-state index contributed by atoms with van der Waals surface area (Å²) in [5.74, 6) is 1.37. The Labute approximate surface area is 313 Å². The van der Waals surface area contributed by atoms with Gasteiger partial charge in [0.25, 0.3) is 5.56 Å². The van der Waals surface area contributed by atoms with Gasteiger partial charge < -0.3 is 33.2 Å². The number of ether oxygens (including phenoxy) is 5. The van der Waals surface area contributed by atoms with Crippen LogP contribution in [0.1, 0.15) is 64.5 Å². The third-order valence-corrected chi connectivity index (χ3v) is 16.7. The van der Waals surface area contributed by atoms with Crippen molar-refractivity contribution in [3.8, 4) is 11.5 Å². The van der Waals surface area contributed by atoms with Crippen LogP contribution in [-0.2, 0) is 31.3 Å². The molecule has 4 aromatic rings. The molecule has 0 aliphatic carbocycles. The van der Waals surface area contributed by atoms with Crippen molar-refractivity contribution in [2.45, 2.75) is 88.3 Å².